The molecule has 1 unspecified atom stereocenters. The minimum Gasteiger partial charge on any atom is -0.491 e. The van der Waals surface area contributed by atoms with E-state index in [1.165, 1.54) is 24.5 Å². The first-order valence-electron chi connectivity index (χ1n) is 12.0. The van der Waals surface area contributed by atoms with Gasteiger partial charge in [-0.1, -0.05) is 24.3 Å². The van der Waals surface area contributed by atoms with Crippen LogP contribution < -0.4 is 26.6 Å². The number of ether oxygens (including phenoxy) is 1. The predicted molar refractivity (Wildman–Crippen MR) is 144 cm³/mol. The third-order valence-electron chi connectivity index (χ3n) is 6.34. The van der Waals surface area contributed by atoms with E-state index < -0.39 is 29.2 Å². The van der Waals surface area contributed by atoms with E-state index in [2.05, 4.69) is 15.3 Å². The number of aromatic nitrogens is 2. The van der Waals surface area contributed by atoms with Crippen LogP contribution in [-0.4, -0.2) is 22.8 Å². The summed E-state index contributed by atoms with van der Waals surface area (Å²) in [6, 6.07) is 13.6. The first kappa shape index (κ1) is 26.4. The molecule has 2 heterocycles. The molecule has 0 radical (unpaired) electrons. The number of nitrogen functional groups attached to an aromatic ring is 1. The van der Waals surface area contributed by atoms with Crippen LogP contribution in [0.4, 0.5) is 24.8 Å². The molecular formula is C29H23F3N5O3+. The number of hydrogen-bond donors (Lipinski definition) is 3. The van der Waals surface area contributed by atoms with Crippen molar-refractivity contribution in [3.05, 3.63) is 112 Å². The average Bonchev–Trinajstić information content (AvgIpc) is 2.92. The summed E-state index contributed by atoms with van der Waals surface area (Å²) in [5.41, 5.74) is 6.51. The van der Waals surface area contributed by atoms with Crippen molar-refractivity contribution in [2.45, 2.75) is 13.0 Å². The number of nitrogens with zero attached hydrogens (tertiary/aromatic N) is 2. The first-order chi connectivity index (χ1) is 19.2. The molecule has 0 amide bonds. The van der Waals surface area contributed by atoms with E-state index >= 15 is 0 Å². The molecule has 0 spiro atoms. The van der Waals surface area contributed by atoms with E-state index in [4.69, 9.17) is 20.3 Å². The van der Waals surface area contributed by atoms with Gasteiger partial charge >= 0.3 is 0 Å². The van der Waals surface area contributed by atoms with Gasteiger partial charge in [-0.05, 0) is 48.9 Å². The Morgan fingerprint density at radius 3 is 2.48 bits per heavy atom. The Labute approximate surface area is 225 Å². The number of hydrogen-bond acceptors (Lipinski definition) is 7. The van der Waals surface area contributed by atoms with Gasteiger partial charge in [0.15, 0.2) is 17.4 Å². The Morgan fingerprint density at radius 1 is 1.05 bits per heavy atom. The van der Waals surface area contributed by atoms with Crippen molar-refractivity contribution in [2.75, 3.05) is 18.2 Å². The van der Waals surface area contributed by atoms with Crippen molar-refractivity contribution in [3.63, 3.8) is 0 Å². The topological polar surface area (TPSA) is 129 Å². The summed E-state index contributed by atoms with van der Waals surface area (Å²) in [6.45, 7) is 1.70. The zero-order chi connectivity index (χ0) is 28.6. The van der Waals surface area contributed by atoms with Gasteiger partial charge in [0, 0.05) is 0 Å². The number of benzene rings is 3. The molecule has 0 bridgehead atoms. The molecule has 202 valence electrons. The van der Waals surface area contributed by atoms with Crippen LogP contribution in [0.25, 0.3) is 22.1 Å². The van der Waals surface area contributed by atoms with Gasteiger partial charge in [0.25, 0.3) is 0 Å². The predicted octanol–water partition coefficient (Wildman–Crippen LogP) is 4.03. The Bertz CT molecular complexity index is 1820. The second-order valence-electron chi connectivity index (χ2n) is 8.91. The van der Waals surface area contributed by atoms with Crippen molar-refractivity contribution < 1.29 is 27.7 Å². The van der Waals surface area contributed by atoms with E-state index in [1.54, 1.807) is 37.3 Å². The third-order valence-corrected chi connectivity index (χ3v) is 6.34. The van der Waals surface area contributed by atoms with E-state index in [-0.39, 0.29) is 45.2 Å². The number of halogens is 3. The first-order valence-corrected chi connectivity index (χ1v) is 12.0. The highest BCUT2D eigenvalue weighted by atomic mass is 19.1. The van der Waals surface area contributed by atoms with Gasteiger partial charge < -0.3 is 20.2 Å². The Hall–Kier alpha value is -5.19. The number of para-hydroxylation sites is 1. The SMILES string of the molecule is COc1c(F)cc(C(=[NH2+])c2c(N)ncnc2NC(C)c2oc3ccccc3c(=O)c2-c2cccc(F)c2)cc1F. The van der Waals surface area contributed by atoms with Gasteiger partial charge in [-0.2, -0.15) is 0 Å². The van der Waals surface area contributed by atoms with Gasteiger partial charge in [-0.25, -0.2) is 23.1 Å². The molecule has 0 aliphatic heterocycles. The van der Waals surface area contributed by atoms with E-state index in [0.717, 1.165) is 19.2 Å². The Balaban J connectivity index is 1.62. The highest BCUT2D eigenvalue weighted by Gasteiger charge is 2.27. The van der Waals surface area contributed by atoms with Gasteiger partial charge in [-0.3, -0.25) is 10.2 Å². The van der Waals surface area contributed by atoms with Crippen LogP contribution in [-0.2, 0) is 0 Å². The van der Waals surface area contributed by atoms with Gasteiger partial charge in [0.1, 0.15) is 40.7 Å². The zero-order valence-electron chi connectivity index (χ0n) is 21.3. The third kappa shape index (κ3) is 4.73. The highest BCUT2D eigenvalue weighted by molar-refractivity contribution is 6.14. The molecule has 0 saturated carbocycles. The molecule has 40 heavy (non-hydrogen) atoms. The van der Waals surface area contributed by atoms with E-state index in [1.807, 2.05) is 0 Å². The van der Waals surface area contributed by atoms with Crippen LogP contribution in [0.5, 0.6) is 5.75 Å². The lowest BCUT2D eigenvalue weighted by molar-refractivity contribution is -0.111. The van der Waals surface area contributed by atoms with Gasteiger partial charge in [0.05, 0.1) is 29.7 Å². The molecule has 11 heteroatoms. The van der Waals surface area contributed by atoms with Crippen LogP contribution in [0, 0.1) is 17.5 Å². The molecule has 5 rings (SSSR count). The summed E-state index contributed by atoms with van der Waals surface area (Å²) < 4.78 is 54.0. The fraction of sp³-hybridized carbons (Fsp3) is 0.103. The van der Waals surface area contributed by atoms with Gasteiger partial charge in [-0.15, -0.1) is 0 Å². The standard InChI is InChI=1S/C29H22F3N5O3/c1-14(26-22(15-6-5-7-17(30)10-15)25(38)18-8-3-4-9-21(18)40-26)37-29-23(28(34)35-13-36-29)24(33)16-11-19(31)27(39-2)20(32)12-16/h3-14,33H,1-2H3,(H3,34,35,36,37)/p+1. The number of fused-ring (bicyclic) bond motifs is 1. The normalized spacial score (nSPS) is 11.8. The van der Waals surface area contributed by atoms with Crippen molar-refractivity contribution in [1.29, 1.82) is 0 Å². The fourth-order valence-corrected chi connectivity index (χ4v) is 4.48. The lowest BCUT2D eigenvalue weighted by Gasteiger charge is -2.19. The highest BCUT2D eigenvalue weighted by Crippen LogP contribution is 2.33. The number of nitrogens with one attached hydrogen (secondary N) is 1. The molecule has 0 aliphatic carbocycles. The van der Waals surface area contributed by atoms with Crippen molar-refractivity contribution in [1.82, 2.24) is 9.97 Å². The molecule has 0 saturated heterocycles. The lowest BCUT2D eigenvalue weighted by Crippen LogP contribution is -2.42. The van der Waals surface area contributed by atoms with E-state index in [9.17, 15) is 18.0 Å². The van der Waals surface area contributed by atoms with Crippen molar-refractivity contribution in [2.24, 2.45) is 0 Å². The lowest BCUT2D eigenvalue weighted by atomic mass is 9.98. The minimum atomic E-state index is -0.962. The molecule has 0 aliphatic rings. The molecule has 1 atom stereocenters. The van der Waals surface area contributed by atoms with Crippen molar-refractivity contribution in [3.8, 4) is 16.9 Å². The Kier molecular flexibility index (Phi) is 6.95. The number of rotatable bonds is 7. The monoisotopic (exact) mass is 546 g/mol. The van der Waals surface area contributed by atoms with Crippen LogP contribution >= 0.6 is 0 Å². The summed E-state index contributed by atoms with van der Waals surface area (Å²) in [5.74, 6) is -2.77. The van der Waals surface area contributed by atoms with Crippen LogP contribution in [0.2, 0.25) is 0 Å². The largest absolute Gasteiger partial charge is 0.491 e. The Morgan fingerprint density at radius 2 is 1.77 bits per heavy atom. The number of anilines is 2. The summed E-state index contributed by atoms with van der Waals surface area (Å²) >= 11 is 0. The summed E-state index contributed by atoms with van der Waals surface area (Å²) in [6.07, 6.45) is 1.18. The number of nitrogens with two attached hydrogens (primary N) is 2. The second kappa shape index (κ2) is 10.5. The maximum atomic E-state index is 14.4. The molecule has 3 aromatic carbocycles. The molecule has 2 aromatic heterocycles. The zero-order valence-corrected chi connectivity index (χ0v) is 21.3. The van der Waals surface area contributed by atoms with E-state index in [0.29, 0.717) is 16.5 Å². The fourth-order valence-electron chi connectivity index (χ4n) is 4.48. The van der Waals surface area contributed by atoms with Gasteiger partial charge in [0.2, 0.25) is 11.1 Å². The molecule has 5 aromatic rings. The molecule has 5 N–H and O–H groups in total. The summed E-state index contributed by atoms with van der Waals surface area (Å²) in [7, 11) is 1.14. The summed E-state index contributed by atoms with van der Waals surface area (Å²) in [4.78, 5) is 21.8. The second-order valence-corrected chi connectivity index (χ2v) is 8.91. The maximum Gasteiger partial charge on any atom is 0.219 e. The number of methoxy groups -OCH3 is 1. The van der Waals surface area contributed by atoms with Crippen LogP contribution in [0.1, 0.15) is 29.9 Å². The smallest absolute Gasteiger partial charge is 0.219 e. The molecule has 0 fully saturated rings. The average molecular weight is 547 g/mol. The summed E-state index contributed by atoms with van der Waals surface area (Å²) in [5, 5.41) is 9.77. The minimum absolute atomic E-state index is 0.0225. The molecule has 8 nitrogen and oxygen atoms in total. The maximum absolute atomic E-state index is 14.4. The van der Waals surface area contributed by atoms with Crippen LogP contribution in [0.3, 0.4) is 0 Å². The molecular weight excluding hydrogens is 523 g/mol. The quantitative estimate of drug-likeness (QED) is 0.263. The van der Waals surface area contributed by atoms with Crippen molar-refractivity contribution >= 4 is 28.3 Å². The van der Waals surface area contributed by atoms with Crippen LogP contribution in [0.15, 0.2) is 76.2 Å².